The molecule has 0 radical (unpaired) electrons. The summed E-state index contributed by atoms with van der Waals surface area (Å²) in [6.07, 6.45) is 11.3. The third-order valence-corrected chi connectivity index (χ3v) is 7.72. The molecule has 4 rings (SSSR count). The van der Waals surface area contributed by atoms with Crippen molar-refractivity contribution in [2.24, 2.45) is 5.92 Å². The summed E-state index contributed by atoms with van der Waals surface area (Å²) in [7, 11) is 0. The zero-order valence-corrected chi connectivity index (χ0v) is 25.7. The third kappa shape index (κ3) is 13.2. The van der Waals surface area contributed by atoms with E-state index in [2.05, 4.69) is 124 Å². The average Bonchev–Trinajstić information content (AvgIpc) is 2.95. The van der Waals surface area contributed by atoms with Crippen LogP contribution in [0.25, 0.3) is 11.1 Å². The number of thioether (sulfide) groups is 1. The quantitative estimate of drug-likeness (QED) is 0.208. The number of aryl methyl sites for hydroxylation is 1. The lowest BCUT2D eigenvalue weighted by molar-refractivity contribution is 0.385. The highest BCUT2D eigenvalue weighted by Gasteiger charge is 2.06. The fraction of sp³-hybridized carbons (Fsp3) is 0.389. The van der Waals surface area contributed by atoms with Gasteiger partial charge >= 0.3 is 0 Å². The van der Waals surface area contributed by atoms with Crippen LogP contribution in [0.1, 0.15) is 75.6 Å². The van der Waals surface area contributed by atoms with Gasteiger partial charge in [-0.2, -0.15) is 0 Å². The first-order valence-corrected chi connectivity index (χ1v) is 15.6. The van der Waals surface area contributed by atoms with Gasteiger partial charge in [0.25, 0.3) is 0 Å². The van der Waals surface area contributed by atoms with E-state index in [0.717, 1.165) is 24.6 Å². The largest absolute Gasteiger partial charge is 0.385 e. The minimum atomic E-state index is 0.350. The van der Waals surface area contributed by atoms with Crippen LogP contribution in [0.2, 0.25) is 0 Å². The maximum absolute atomic E-state index is 3.89. The molecule has 210 valence electrons. The highest BCUT2D eigenvalue weighted by atomic mass is 32.2. The van der Waals surface area contributed by atoms with Crippen LogP contribution in [0, 0.1) is 12.8 Å². The van der Waals surface area contributed by atoms with Crippen molar-refractivity contribution < 1.29 is 0 Å². The Morgan fingerprint density at radius 3 is 1.95 bits per heavy atom. The Morgan fingerprint density at radius 1 is 0.923 bits per heavy atom. The second-order valence-electron chi connectivity index (χ2n) is 10.7. The average molecular weight is 543 g/mol. The Morgan fingerprint density at radius 2 is 1.49 bits per heavy atom. The Hall–Kier alpha value is -2.75. The van der Waals surface area contributed by atoms with Gasteiger partial charge in [0.15, 0.2) is 0 Å². The lowest BCUT2D eigenvalue weighted by atomic mass is 9.91. The van der Waals surface area contributed by atoms with Crippen LogP contribution in [0.15, 0.2) is 103 Å². The van der Waals surface area contributed by atoms with E-state index in [0.29, 0.717) is 6.04 Å². The second-order valence-corrected chi connectivity index (χ2v) is 11.6. The summed E-state index contributed by atoms with van der Waals surface area (Å²) < 4.78 is 0. The summed E-state index contributed by atoms with van der Waals surface area (Å²) >= 11 is 1.77. The van der Waals surface area contributed by atoms with Crippen molar-refractivity contribution in [3.63, 3.8) is 0 Å². The van der Waals surface area contributed by atoms with Crippen molar-refractivity contribution in [2.45, 2.75) is 77.3 Å². The van der Waals surface area contributed by atoms with Crippen LogP contribution in [-0.2, 0) is 6.54 Å². The predicted molar refractivity (Wildman–Crippen MR) is 175 cm³/mol. The monoisotopic (exact) mass is 542 g/mol. The van der Waals surface area contributed by atoms with Crippen LogP contribution in [-0.4, -0.2) is 12.8 Å². The van der Waals surface area contributed by atoms with Crippen molar-refractivity contribution in [1.29, 1.82) is 0 Å². The van der Waals surface area contributed by atoms with Crippen LogP contribution in [0.3, 0.4) is 0 Å². The summed E-state index contributed by atoms with van der Waals surface area (Å²) in [6, 6.07) is 26.3. The van der Waals surface area contributed by atoms with Gasteiger partial charge < -0.3 is 10.6 Å². The van der Waals surface area contributed by atoms with E-state index in [1.165, 1.54) is 64.8 Å². The zero-order chi connectivity index (χ0) is 28.5. The third-order valence-electron chi connectivity index (χ3n) is 6.97. The van der Waals surface area contributed by atoms with Crippen LogP contribution >= 0.6 is 11.8 Å². The van der Waals surface area contributed by atoms with Gasteiger partial charge in [-0.05, 0) is 73.5 Å². The van der Waals surface area contributed by atoms with Gasteiger partial charge in [0.1, 0.15) is 0 Å². The van der Waals surface area contributed by atoms with E-state index in [1.807, 2.05) is 6.92 Å². The molecule has 1 aliphatic rings. The fourth-order valence-electron chi connectivity index (χ4n) is 4.45. The SMILES string of the molecule is C=C(C)CNCc1ccc(-c2ccc(SC)cc2)cc1.C=CNC(C)c1ccc(C)cc1.CC1CCCCC1. The molecular formula is C36H50N2S. The molecule has 0 saturated heterocycles. The number of hydrogen-bond acceptors (Lipinski definition) is 3. The van der Waals surface area contributed by atoms with Gasteiger partial charge in [-0.3, -0.25) is 0 Å². The molecule has 0 aliphatic heterocycles. The predicted octanol–water partition coefficient (Wildman–Crippen LogP) is 10.1. The number of hydrogen-bond donors (Lipinski definition) is 2. The maximum Gasteiger partial charge on any atom is 0.0479 e. The molecule has 0 spiro atoms. The molecule has 39 heavy (non-hydrogen) atoms. The Balaban J connectivity index is 0.000000236. The van der Waals surface area contributed by atoms with Gasteiger partial charge in [-0.15, -0.1) is 11.8 Å². The molecule has 0 aromatic heterocycles. The molecule has 0 heterocycles. The molecular weight excluding hydrogens is 492 g/mol. The Bertz CT molecular complexity index is 1080. The molecule has 2 N–H and O–H groups in total. The second kappa shape index (κ2) is 18.5. The van der Waals surface area contributed by atoms with E-state index in [-0.39, 0.29) is 0 Å². The summed E-state index contributed by atoms with van der Waals surface area (Å²) in [5, 5.41) is 6.52. The zero-order valence-electron chi connectivity index (χ0n) is 24.9. The van der Waals surface area contributed by atoms with Crippen molar-refractivity contribution in [3.8, 4) is 11.1 Å². The topological polar surface area (TPSA) is 24.1 Å². The van der Waals surface area contributed by atoms with E-state index in [9.17, 15) is 0 Å². The van der Waals surface area contributed by atoms with Crippen LogP contribution in [0.4, 0.5) is 0 Å². The molecule has 3 heteroatoms. The molecule has 3 aromatic carbocycles. The standard InChI is InChI=1S/C18H21NS.C11H15N.C7H14/c1-14(2)12-19-13-15-4-6-16(7-5-15)17-8-10-18(20-3)11-9-17;1-4-12-10(3)11-7-5-9(2)6-8-11;1-7-5-3-2-4-6-7/h4-11,19H,1,12-13H2,2-3H3;4-8,10,12H,1H2,2-3H3;7H,2-6H2,1H3. The lowest BCUT2D eigenvalue weighted by Gasteiger charge is -2.15. The molecule has 3 aromatic rings. The van der Waals surface area contributed by atoms with Gasteiger partial charge in [0.05, 0.1) is 0 Å². The van der Waals surface area contributed by atoms with Gasteiger partial charge in [0.2, 0.25) is 0 Å². The molecule has 0 bridgehead atoms. The minimum Gasteiger partial charge on any atom is -0.385 e. The van der Waals surface area contributed by atoms with Gasteiger partial charge in [-0.1, -0.05) is 124 Å². The highest BCUT2D eigenvalue weighted by molar-refractivity contribution is 7.98. The molecule has 1 saturated carbocycles. The molecule has 0 amide bonds. The molecule has 2 nitrogen and oxygen atoms in total. The molecule has 1 aliphatic carbocycles. The number of rotatable bonds is 9. The van der Waals surface area contributed by atoms with Crippen molar-refractivity contribution in [3.05, 3.63) is 114 Å². The van der Waals surface area contributed by atoms with Gasteiger partial charge in [-0.25, -0.2) is 0 Å². The summed E-state index contributed by atoms with van der Waals surface area (Å²) in [5.41, 5.74) is 7.59. The summed E-state index contributed by atoms with van der Waals surface area (Å²) in [4.78, 5) is 1.30. The summed E-state index contributed by atoms with van der Waals surface area (Å²) in [6.45, 7) is 17.9. The highest BCUT2D eigenvalue weighted by Crippen LogP contribution is 2.24. The Labute approximate surface area is 243 Å². The van der Waals surface area contributed by atoms with Crippen molar-refractivity contribution in [2.75, 3.05) is 12.8 Å². The molecule has 1 unspecified atom stereocenters. The number of benzene rings is 3. The van der Waals surface area contributed by atoms with Crippen LogP contribution in [0.5, 0.6) is 0 Å². The van der Waals surface area contributed by atoms with Crippen LogP contribution < -0.4 is 10.6 Å². The van der Waals surface area contributed by atoms with Crippen molar-refractivity contribution >= 4 is 11.8 Å². The van der Waals surface area contributed by atoms with E-state index >= 15 is 0 Å². The first-order valence-electron chi connectivity index (χ1n) is 14.3. The number of nitrogens with one attached hydrogen (secondary N) is 2. The maximum atomic E-state index is 3.89. The van der Waals surface area contributed by atoms with E-state index in [4.69, 9.17) is 0 Å². The normalized spacial score (nSPS) is 13.7. The smallest absolute Gasteiger partial charge is 0.0479 e. The first-order chi connectivity index (χ1) is 18.8. The molecule has 1 atom stereocenters. The van der Waals surface area contributed by atoms with E-state index in [1.54, 1.807) is 18.0 Å². The van der Waals surface area contributed by atoms with E-state index < -0.39 is 0 Å². The minimum absolute atomic E-state index is 0.350. The fourth-order valence-corrected chi connectivity index (χ4v) is 4.86. The first kappa shape index (κ1) is 32.5. The molecule has 1 fully saturated rings. The Kier molecular flexibility index (Phi) is 15.4. The van der Waals surface area contributed by atoms with Crippen molar-refractivity contribution in [1.82, 2.24) is 10.6 Å². The summed E-state index contributed by atoms with van der Waals surface area (Å²) in [5.74, 6) is 1.04. The lowest BCUT2D eigenvalue weighted by Crippen LogP contribution is -2.14. The van der Waals surface area contributed by atoms with Gasteiger partial charge in [0, 0.05) is 24.0 Å².